The molecule has 4 nitrogen and oxygen atoms in total. The summed E-state index contributed by atoms with van der Waals surface area (Å²) in [6.45, 7) is 17.1. The summed E-state index contributed by atoms with van der Waals surface area (Å²) in [5, 5.41) is 0.194. The van der Waals surface area contributed by atoms with Crippen molar-refractivity contribution in [2.45, 2.75) is 59.4 Å². The highest BCUT2D eigenvalue weighted by Gasteiger charge is 2.37. The summed E-state index contributed by atoms with van der Waals surface area (Å²) < 4.78 is 6.17. The van der Waals surface area contributed by atoms with Gasteiger partial charge >= 0.3 is 0 Å². The summed E-state index contributed by atoms with van der Waals surface area (Å²) >= 11 is 0. The highest BCUT2D eigenvalue weighted by atomic mass is 28.4. The molecule has 0 bridgehead atoms. The van der Waals surface area contributed by atoms with E-state index in [2.05, 4.69) is 38.8 Å². The lowest BCUT2D eigenvalue weighted by atomic mass is 10.2. The van der Waals surface area contributed by atoms with Gasteiger partial charge in [-0.05, 0) is 43.6 Å². The van der Waals surface area contributed by atoms with Crippen LogP contribution in [0.25, 0.3) is 0 Å². The molecule has 1 heterocycles. The molecule has 0 aromatic carbocycles. The Morgan fingerprint density at radius 2 is 1.82 bits per heavy atom. The monoisotopic (exact) mass is 322 g/mol. The number of pyridine rings is 1. The molecule has 22 heavy (non-hydrogen) atoms. The van der Waals surface area contributed by atoms with Gasteiger partial charge in [0, 0.05) is 19.3 Å². The van der Waals surface area contributed by atoms with Crippen molar-refractivity contribution in [2.75, 3.05) is 13.1 Å². The van der Waals surface area contributed by atoms with Gasteiger partial charge in [0.05, 0.1) is 6.61 Å². The van der Waals surface area contributed by atoms with E-state index in [-0.39, 0.29) is 10.9 Å². The van der Waals surface area contributed by atoms with Gasteiger partial charge in [-0.1, -0.05) is 26.8 Å². The first-order chi connectivity index (χ1) is 10.1. The van der Waals surface area contributed by atoms with Gasteiger partial charge in [0.1, 0.15) is 5.69 Å². The summed E-state index contributed by atoms with van der Waals surface area (Å²) in [6.07, 6.45) is 1.75. The van der Waals surface area contributed by atoms with Crippen LogP contribution >= 0.6 is 0 Å². The van der Waals surface area contributed by atoms with Gasteiger partial charge in [-0.3, -0.25) is 9.78 Å². The van der Waals surface area contributed by atoms with Crippen molar-refractivity contribution in [2.24, 2.45) is 0 Å². The Labute approximate surface area is 136 Å². The third-order valence-electron chi connectivity index (χ3n) is 4.50. The number of rotatable bonds is 6. The number of aromatic nitrogens is 1. The second-order valence-corrected chi connectivity index (χ2v) is 11.9. The molecule has 1 aromatic heterocycles. The molecule has 1 rings (SSSR count). The fourth-order valence-electron chi connectivity index (χ4n) is 1.79. The third-order valence-corrected chi connectivity index (χ3v) is 8.98. The standard InChI is InChI=1S/C17H30N2O2Si/c1-8-19(9-2)16(20)15-11-10-14(12-18-15)13-21-22(6,7)17(3,4)5/h10-12H,8-9,13H2,1-7H3. The Morgan fingerprint density at radius 3 is 2.23 bits per heavy atom. The maximum Gasteiger partial charge on any atom is 0.272 e. The van der Waals surface area contributed by atoms with E-state index in [0.29, 0.717) is 25.4 Å². The van der Waals surface area contributed by atoms with Gasteiger partial charge < -0.3 is 9.33 Å². The molecule has 1 aromatic rings. The lowest BCUT2D eigenvalue weighted by Gasteiger charge is -2.36. The van der Waals surface area contributed by atoms with Gasteiger partial charge in [0.15, 0.2) is 8.32 Å². The first-order valence-electron chi connectivity index (χ1n) is 8.00. The zero-order valence-corrected chi connectivity index (χ0v) is 16.1. The maximum atomic E-state index is 12.2. The maximum absolute atomic E-state index is 12.2. The minimum Gasteiger partial charge on any atom is -0.413 e. The topological polar surface area (TPSA) is 42.4 Å². The Balaban J connectivity index is 2.72. The van der Waals surface area contributed by atoms with E-state index in [0.717, 1.165) is 5.56 Å². The predicted octanol–water partition coefficient (Wildman–Crippen LogP) is 4.09. The Bertz CT molecular complexity index is 488. The molecule has 0 saturated heterocycles. The van der Waals surface area contributed by atoms with Crippen LogP contribution in [0.2, 0.25) is 18.1 Å². The summed E-state index contributed by atoms with van der Waals surface area (Å²) in [7, 11) is -1.76. The molecule has 0 saturated carbocycles. The summed E-state index contributed by atoms with van der Waals surface area (Å²) in [4.78, 5) is 18.3. The van der Waals surface area contributed by atoms with Crippen LogP contribution in [-0.2, 0) is 11.0 Å². The van der Waals surface area contributed by atoms with E-state index in [1.54, 1.807) is 17.2 Å². The average molecular weight is 323 g/mol. The Morgan fingerprint density at radius 1 is 1.23 bits per heavy atom. The van der Waals surface area contributed by atoms with Crippen molar-refractivity contribution in [1.29, 1.82) is 0 Å². The molecular formula is C17H30N2O2Si. The molecule has 0 aliphatic rings. The number of hydrogen-bond acceptors (Lipinski definition) is 3. The quantitative estimate of drug-likeness (QED) is 0.741. The van der Waals surface area contributed by atoms with Crippen molar-refractivity contribution < 1.29 is 9.22 Å². The van der Waals surface area contributed by atoms with E-state index in [1.165, 1.54) is 0 Å². The van der Waals surface area contributed by atoms with Crippen LogP contribution in [0.1, 0.15) is 50.7 Å². The fraction of sp³-hybridized carbons (Fsp3) is 0.647. The highest BCUT2D eigenvalue weighted by molar-refractivity contribution is 6.74. The van der Waals surface area contributed by atoms with E-state index in [1.807, 2.05) is 19.9 Å². The van der Waals surface area contributed by atoms with Crippen molar-refractivity contribution in [3.63, 3.8) is 0 Å². The molecule has 124 valence electrons. The van der Waals surface area contributed by atoms with E-state index >= 15 is 0 Å². The summed E-state index contributed by atoms with van der Waals surface area (Å²) in [5.41, 5.74) is 1.51. The predicted molar refractivity (Wildman–Crippen MR) is 93.5 cm³/mol. The lowest BCUT2D eigenvalue weighted by Crippen LogP contribution is -2.40. The van der Waals surface area contributed by atoms with Gasteiger partial charge in [-0.15, -0.1) is 0 Å². The van der Waals surface area contributed by atoms with Gasteiger partial charge in [-0.2, -0.15) is 0 Å². The van der Waals surface area contributed by atoms with E-state index < -0.39 is 8.32 Å². The molecular weight excluding hydrogens is 292 g/mol. The molecule has 0 atom stereocenters. The van der Waals surface area contributed by atoms with Gasteiger partial charge in [-0.25, -0.2) is 0 Å². The van der Waals surface area contributed by atoms with Crippen LogP contribution in [-0.4, -0.2) is 37.2 Å². The molecule has 0 radical (unpaired) electrons. The third kappa shape index (κ3) is 4.65. The van der Waals surface area contributed by atoms with Crippen molar-refractivity contribution in [3.05, 3.63) is 29.6 Å². The summed E-state index contributed by atoms with van der Waals surface area (Å²) in [5.74, 6) is -0.0122. The van der Waals surface area contributed by atoms with Crippen molar-refractivity contribution >= 4 is 14.2 Å². The second-order valence-electron chi connectivity index (χ2n) is 7.08. The van der Waals surface area contributed by atoms with Crippen LogP contribution in [0, 0.1) is 0 Å². The van der Waals surface area contributed by atoms with Crippen molar-refractivity contribution in [1.82, 2.24) is 9.88 Å². The number of nitrogens with zero attached hydrogens (tertiary/aromatic N) is 2. The SMILES string of the molecule is CCN(CC)C(=O)c1ccc(CO[Si](C)(C)C(C)(C)C)cn1. The van der Waals surface area contributed by atoms with Crippen LogP contribution < -0.4 is 0 Å². The molecule has 0 aliphatic carbocycles. The normalized spacial score (nSPS) is 12.3. The minimum absolute atomic E-state index is 0.0122. The lowest BCUT2D eigenvalue weighted by molar-refractivity contribution is 0.0767. The first-order valence-corrected chi connectivity index (χ1v) is 10.9. The molecule has 0 unspecified atom stereocenters. The number of carbonyl (C=O) groups excluding carboxylic acids is 1. The molecule has 0 N–H and O–H groups in total. The first kappa shape index (κ1) is 18.8. The zero-order valence-electron chi connectivity index (χ0n) is 15.1. The highest BCUT2D eigenvalue weighted by Crippen LogP contribution is 2.36. The molecule has 0 spiro atoms. The smallest absolute Gasteiger partial charge is 0.272 e. The van der Waals surface area contributed by atoms with Crippen LogP contribution in [0.5, 0.6) is 0 Å². The number of amides is 1. The molecule has 1 amide bonds. The van der Waals surface area contributed by atoms with Crippen LogP contribution in [0.4, 0.5) is 0 Å². The molecule has 0 fully saturated rings. The van der Waals surface area contributed by atoms with Crippen molar-refractivity contribution in [3.8, 4) is 0 Å². The molecule has 5 heteroatoms. The largest absolute Gasteiger partial charge is 0.413 e. The average Bonchev–Trinajstić information content (AvgIpc) is 2.45. The van der Waals surface area contributed by atoms with Gasteiger partial charge in [0.2, 0.25) is 0 Å². The second kappa shape index (κ2) is 7.37. The fourth-order valence-corrected chi connectivity index (χ4v) is 2.75. The Kier molecular flexibility index (Phi) is 6.32. The number of hydrogen-bond donors (Lipinski definition) is 0. The Hall–Kier alpha value is -1.20. The molecule has 0 aliphatic heterocycles. The summed E-state index contributed by atoms with van der Waals surface area (Å²) in [6, 6.07) is 3.74. The zero-order chi connectivity index (χ0) is 17.0. The number of carbonyl (C=O) groups is 1. The van der Waals surface area contributed by atoms with Crippen LogP contribution in [0.15, 0.2) is 18.3 Å². The van der Waals surface area contributed by atoms with E-state index in [4.69, 9.17) is 4.43 Å². The van der Waals surface area contributed by atoms with E-state index in [9.17, 15) is 4.79 Å². The van der Waals surface area contributed by atoms with Crippen LogP contribution in [0.3, 0.4) is 0 Å². The minimum atomic E-state index is -1.76. The van der Waals surface area contributed by atoms with Gasteiger partial charge in [0.25, 0.3) is 5.91 Å².